The van der Waals surface area contributed by atoms with Gasteiger partial charge in [0.2, 0.25) is 5.91 Å². The number of aryl methyl sites for hydroxylation is 2. The van der Waals surface area contributed by atoms with Crippen LogP contribution >= 0.6 is 11.6 Å². The Balaban J connectivity index is 2.50. The first-order valence-electron chi connectivity index (χ1n) is 6.32. The van der Waals surface area contributed by atoms with E-state index in [1.54, 1.807) is 6.07 Å². The average Bonchev–Trinajstić information content (AvgIpc) is 2.39. The second kappa shape index (κ2) is 7.87. The molecule has 0 unspecified atom stereocenters. The Kier molecular flexibility index (Phi) is 6.48. The van der Waals surface area contributed by atoms with E-state index in [2.05, 4.69) is 5.32 Å². The second-order valence-corrected chi connectivity index (χ2v) is 4.96. The lowest BCUT2D eigenvalue weighted by Gasteiger charge is -2.13. The van der Waals surface area contributed by atoms with E-state index >= 15 is 0 Å². The summed E-state index contributed by atoms with van der Waals surface area (Å²) >= 11 is 5.99. The van der Waals surface area contributed by atoms with Crippen LogP contribution in [0.25, 0.3) is 0 Å². The Bertz CT molecular complexity index is 490. The lowest BCUT2D eigenvalue weighted by atomic mass is 10.1. The van der Waals surface area contributed by atoms with E-state index in [0.29, 0.717) is 11.4 Å². The first-order chi connectivity index (χ1) is 9.43. The van der Waals surface area contributed by atoms with E-state index in [4.69, 9.17) is 21.8 Å². The van der Waals surface area contributed by atoms with Crippen molar-refractivity contribution in [3.05, 3.63) is 34.3 Å². The highest BCUT2D eigenvalue weighted by Crippen LogP contribution is 2.17. The van der Waals surface area contributed by atoms with Gasteiger partial charge in [-0.25, -0.2) is 4.79 Å². The van der Waals surface area contributed by atoms with Crippen molar-refractivity contribution in [1.29, 1.82) is 0 Å². The quantitative estimate of drug-likeness (QED) is 0.712. The summed E-state index contributed by atoms with van der Waals surface area (Å²) in [6.45, 7) is 1.61. The number of aliphatic hydroxyl groups excluding tert-OH is 1. The van der Waals surface area contributed by atoms with Gasteiger partial charge in [0.1, 0.15) is 6.04 Å². The van der Waals surface area contributed by atoms with Crippen LogP contribution in [0.1, 0.15) is 24.0 Å². The molecule has 1 aromatic carbocycles. The highest BCUT2D eigenvalue weighted by atomic mass is 35.5. The fraction of sp³-hybridized carbons (Fsp3) is 0.429. The molecule has 1 aromatic rings. The summed E-state index contributed by atoms with van der Waals surface area (Å²) in [6, 6.07) is 4.51. The molecular weight excluding hydrogens is 282 g/mol. The number of aliphatic carboxylic acids is 1. The zero-order valence-electron chi connectivity index (χ0n) is 11.2. The Morgan fingerprint density at radius 3 is 2.65 bits per heavy atom. The minimum atomic E-state index is -1.15. The van der Waals surface area contributed by atoms with Gasteiger partial charge in [0, 0.05) is 24.5 Å². The van der Waals surface area contributed by atoms with E-state index in [1.807, 2.05) is 19.1 Å². The summed E-state index contributed by atoms with van der Waals surface area (Å²) in [5.41, 5.74) is 1.89. The maximum absolute atomic E-state index is 11.7. The third-order valence-electron chi connectivity index (χ3n) is 2.93. The normalized spacial score (nSPS) is 11.9. The highest BCUT2D eigenvalue weighted by molar-refractivity contribution is 6.31. The first-order valence-corrected chi connectivity index (χ1v) is 6.70. The number of hydrogen-bond acceptors (Lipinski definition) is 3. The zero-order valence-corrected chi connectivity index (χ0v) is 12.0. The van der Waals surface area contributed by atoms with E-state index in [-0.39, 0.29) is 25.4 Å². The minimum absolute atomic E-state index is 0.00255. The summed E-state index contributed by atoms with van der Waals surface area (Å²) in [7, 11) is 0. The van der Waals surface area contributed by atoms with E-state index in [0.717, 1.165) is 11.1 Å². The molecule has 3 N–H and O–H groups in total. The molecular formula is C14H18ClNO4. The van der Waals surface area contributed by atoms with Gasteiger partial charge in [-0.15, -0.1) is 0 Å². The second-order valence-electron chi connectivity index (χ2n) is 4.55. The predicted molar refractivity (Wildman–Crippen MR) is 75.8 cm³/mol. The Morgan fingerprint density at radius 2 is 2.10 bits per heavy atom. The molecule has 5 nitrogen and oxygen atoms in total. The lowest BCUT2D eigenvalue weighted by Crippen LogP contribution is -2.41. The molecule has 0 radical (unpaired) electrons. The Labute approximate surface area is 122 Å². The topological polar surface area (TPSA) is 86.6 Å². The van der Waals surface area contributed by atoms with Crippen molar-refractivity contribution in [1.82, 2.24) is 5.32 Å². The van der Waals surface area contributed by atoms with Crippen LogP contribution in [0.15, 0.2) is 18.2 Å². The van der Waals surface area contributed by atoms with Crippen LogP contribution in [0.2, 0.25) is 5.02 Å². The minimum Gasteiger partial charge on any atom is -0.480 e. The van der Waals surface area contributed by atoms with Crippen molar-refractivity contribution in [3.8, 4) is 0 Å². The number of aliphatic hydroxyl groups is 1. The molecule has 6 heteroatoms. The Morgan fingerprint density at radius 1 is 1.40 bits per heavy atom. The monoisotopic (exact) mass is 299 g/mol. The van der Waals surface area contributed by atoms with Gasteiger partial charge in [-0.05, 0) is 30.5 Å². The molecule has 20 heavy (non-hydrogen) atoms. The summed E-state index contributed by atoms with van der Waals surface area (Å²) in [5.74, 6) is -1.51. The molecule has 1 atom stereocenters. The molecule has 110 valence electrons. The van der Waals surface area contributed by atoms with Crippen LogP contribution in [0.5, 0.6) is 0 Å². The largest absolute Gasteiger partial charge is 0.480 e. The third-order valence-corrected chi connectivity index (χ3v) is 3.34. The number of carbonyl (C=O) groups is 2. The predicted octanol–water partition coefficient (Wildman–Crippen LogP) is 1.53. The molecule has 0 aromatic heterocycles. The number of carboxylic acid groups (broad SMARTS) is 1. The van der Waals surface area contributed by atoms with E-state index in [9.17, 15) is 9.59 Å². The third kappa shape index (κ3) is 5.19. The molecule has 0 spiro atoms. The maximum atomic E-state index is 11.7. The van der Waals surface area contributed by atoms with Gasteiger partial charge >= 0.3 is 5.97 Å². The van der Waals surface area contributed by atoms with Crippen molar-refractivity contribution < 1.29 is 19.8 Å². The van der Waals surface area contributed by atoms with Crippen LogP contribution < -0.4 is 5.32 Å². The number of halogens is 1. The molecule has 1 amide bonds. The van der Waals surface area contributed by atoms with Gasteiger partial charge in [-0.3, -0.25) is 4.79 Å². The van der Waals surface area contributed by atoms with Crippen molar-refractivity contribution in [2.24, 2.45) is 0 Å². The number of nitrogens with one attached hydrogen (secondary N) is 1. The summed E-state index contributed by atoms with van der Waals surface area (Å²) < 4.78 is 0. The van der Waals surface area contributed by atoms with Gasteiger partial charge in [0.15, 0.2) is 0 Å². The number of benzene rings is 1. The molecule has 0 aliphatic rings. The van der Waals surface area contributed by atoms with Crippen molar-refractivity contribution in [2.45, 2.75) is 32.2 Å². The van der Waals surface area contributed by atoms with Crippen LogP contribution in [0.4, 0.5) is 0 Å². The van der Waals surface area contributed by atoms with E-state index in [1.165, 1.54) is 0 Å². The SMILES string of the molecule is Cc1ccc(CCC(=O)N[C@H](CCO)C(=O)O)cc1Cl. The molecule has 0 bridgehead atoms. The smallest absolute Gasteiger partial charge is 0.326 e. The molecule has 0 fully saturated rings. The molecule has 0 aliphatic heterocycles. The number of amides is 1. The summed E-state index contributed by atoms with van der Waals surface area (Å²) in [4.78, 5) is 22.5. The highest BCUT2D eigenvalue weighted by Gasteiger charge is 2.18. The summed E-state index contributed by atoms with van der Waals surface area (Å²) in [5, 5.41) is 20.6. The maximum Gasteiger partial charge on any atom is 0.326 e. The Hall–Kier alpha value is -1.59. The van der Waals surface area contributed by atoms with Gasteiger partial charge in [0.25, 0.3) is 0 Å². The molecule has 0 saturated heterocycles. The van der Waals surface area contributed by atoms with Crippen LogP contribution in [0.3, 0.4) is 0 Å². The number of carboxylic acids is 1. The van der Waals surface area contributed by atoms with Crippen molar-refractivity contribution in [2.75, 3.05) is 6.61 Å². The fourth-order valence-electron chi connectivity index (χ4n) is 1.70. The first kappa shape index (κ1) is 16.5. The average molecular weight is 300 g/mol. The number of hydrogen-bond donors (Lipinski definition) is 3. The standard InChI is InChI=1S/C14H18ClNO4/c1-9-2-3-10(8-11(9)15)4-5-13(18)16-12(6-7-17)14(19)20/h2-3,8,12,17H,4-7H2,1H3,(H,16,18)(H,19,20)/t12-/m1/s1. The van der Waals surface area contributed by atoms with Crippen LogP contribution in [0, 0.1) is 6.92 Å². The molecule has 0 heterocycles. The number of carbonyl (C=O) groups excluding carboxylic acids is 1. The van der Waals surface area contributed by atoms with Gasteiger partial charge in [0.05, 0.1) is 0 Å². The van der Waals surface area contributed by atoms with Crippen molar-refractivity contribution in [3.63, 3.8) is 0 Å². The fourth-order valence-corrected chi connectivity index (χ4v) is 1.91. The number of rotatable bonds is 7. The molecule has 1 rings (SSSR count). The van der Waals surface area contributed by atoms with Gasteiger partial charge in [-0.1, -0.05) is 23.7 Å². The zero-order chi connectivity index (χ0) is 15.1. The van der Waals surface area contributed by atoms with E-state index < -0.39 is 12.0 Å². The molecule has 0 saturated carbocycles. The summed E-state index contributed by atoms with van der Waals surface area (Å²) in [6.07, 6.45) is 0.656. The molecule has 0 aliphatic carbocycles. The lowest BCUT2D eigenvalue weighted by molar-refractivity contribution is -0.142. The van der Waals surface area contributed by atoms with Gasteiger partial charge in [-0.2, -0.15) is 0 Å². The van der Waals surface area contributed by atoms with Gasteiger partial charge < -0.3 is 15.5 Å². The van der Waals surface area contributed by atoms with Crippen LogP contribution in [-0.2, 0) is 16.0 Å². The van der Waals surface area contributed by atoms with Crippen LogP contribution in [-0.4, -0.2) is 34.7 Å². The van der Waals surface area contributed by atoms with Crippen molar-refractivity contribution >= 4 is 23.5 Å².